The minimum atomic E-state index is 0.108. The third kappa shape index (κ3) is 4.59. The zero-order valence-corrected chi connectivity index (χ0v) is 11.3. The van der Waals surface area contributed by atoms with E-state index in [2.05, 4.69) is 20.7 Å². The van der Waals surface area contributed by atoms with Gasteiger partial charge in [-0.2, -0.15) is 9.97 Å². The van der Waals surface area contributed by atoms with Crippen LogP contribution in [0.3, 0.4) is 0 Å². The van der Waals surface area contributed by atoms with Crippen molar-refractivity contribution in [1.29, 1.82) is 0 Å². The molecule has 1 amide bonds. The van der Waals surface area contributed by atoms with Crippen molar-refractivity contribution in [3.8, 4) is 0 Å². The molecule has 0 fully saturated rings. The van der Waals surface area contributed by atoms with Crippen molar-refractivity contribution in [2.75, 3.05) is 36.1 Å². The molecule has 1 aromatic heterocycles. The van der Waals surface area contributed by atoms with Crippen LogP contribution in [0.2, 0.25) is 0 Å². The molecule has 0 bridgehead atoms. The molecule has 0 saturated carbocycles. The minimum absolute atomic E-state index is 0.108. The van der Waals surface area contributed by atoms with Gasteiger partial charge in [0, 0.05) is 32.1 Å². The number of aromatic nitrogens is 2. The lowest BCUT2D eigenvalue weighted by Gasteiger charge is -2.18. The molecule has 19 heavy (non-hydrogen) atoms. The lowest BCUT2D eigenvalue weighted by molar-refractivity contribution is -0.130. The van der Waals surface area contributed by atoms with Crippen LogP contribution >= 0.6 is 0 Å². The smallest absolute Gasteiger partial charge is 0.224 e. The van der Waals surface area contributed by atoms with Crippen molar-refractivity contribution in [1.82, 2.24) is 14.9 Å². The molecule has 106 valence electrons. The molecule has 0 atom stereocenters. The number of carbonyl (C=O) groups excluding carboxylic acids is 1. The quantitative estimate of drug-likeness (QED) is 0.405. The first-order valence-electron chi connectivity index (χ1n) is 6.23. The Balaban J connectivity index is 2.49. The summed E-state index contributed by atoms with van der Waals surface area (Å²) in [6.45, 7) is 5.84. The van der Waals surface area contributed by atoms with E-state index in [0.717, 1.165) is 13.1 Å². The number of hydrogen-bond donors (Lipinski definition) is 4. The van der Waals surface area contributed by atoms with Gasteiger partial charge in [-0.05, 0) is 13.8 Å². The molecule has 0 aliphatic carbocycles. The van der Waals surface area contributed by atoms with Gasteiger partial charge in [0.2, 0.25) is 11.9 Å². The van der Waals surface area contributed by atoms with E-state index in [1.807, 2.05) is 13.8 Å². The SMILES string of the molecule is CCN(CC)C(=O)CCNc1cc(NN)nc(N)n1. The predicted molar refractivity (Wildman–Crippen MR) is 75.3 cm³/mol. The summed E-state index contributed by atoms with van der Waals surface area (Å²) in [4.78, 5) is 21.4. The fraction of sp³-hybridized carbons (Fsp3) is 0.545. The number of amides is 1. The van der Waals surface area contributed by atoms with E-state index in [1.165, 1.54) is 0 Å². The van der Waals surface area contributed by atoms with E-state index in [4.69, 9.17) is 11.6 Å². The Bertz CT molecular complexity index is 420. The molecule has 1 heterocycles. The number of rotatable bonds is 7. The highest BCUT2D eigenvalue weighted by molar-refractivity contribution is 5.76. The van der Waals surface area contributed by atoms with Gasteiger partial charge in [-0.3, -0.25) is 4.79 Å². The van der Waals surface area contributed by atoms with Gasteiger partial charge in [-0.25, -0.2) is 5.84 Å². The van der Waals surface area contributed by atoms with E-state index in [0.29, 0.717) is 24.6 Å². The number of carbonyl (C=O) groups is 1. The maximum atomic E-state index is 11.8. The molecule has 0 aliphatic rings. The number of nitrogens with two attached hydrogens (primary N) is 2. The van der Waals surface area contributed by atoms with Gasteiger partial charge >= 0.3 is 0 Å². The molecule has 1 rings (SSSR count). The number of hydrazine groups is 1. The van der Waals surface area contributed by atoms with Crippen LogP contribution in [0.1, 0.15) is 20.3 Å². The van der Waals surface area contributed by atoms with Crippen molar-refractivity contribution in [3.63, 3.8) is 0 Å². The van der Waals surface area contributed by atoms with Crippen LogP contribution in [0, 0.1) is 0 Å². The van der Waals surface area contributed by atoms with E-state index in [-0.39, 0.29) is 11.9 Å². The number of nitrogens with one attached hydrogen (secondary N) is 2. The first-order chi connectivity index (χ1) is 9.10. The van der Waals surface area contributed by atoms with Gasteiger partial charge in [0.05, 0.1) is 0 Å². The lowest BCUT2D eigenvalue weighted by Crippen LogP contribution is -2.31. The Kier molecular flexibility index (Phi) is 5.80. The van der Waals surface area contributed by atoms with Gasteiger partial charge in [-0.1, -0.05) is 0 Å². The highest BCUT2D eigenvalue weighted by Gasteiger charge is 2.09. The largest absolute Gasteiger partial charge is 0.369 e. The molecule has 6 N–H and O–H groups in total. The summed E-state index contributed by atoms with van der Waals surface area (Å²) in [5, 5.41) is 3.02. The number of nitrogen functional groups attached to an aromatic ring is 2. The van der Waals surface area contributed by atoms with E-state index >= 15 is 0 Å². The molecule has 0 aromatic carbocycles. The van der Waals surface area contributed by atoms with Crippen molar-refractivity contribution in [2.45, 2.75) is 20.3 Å². The minimum Gasteiger partial charge on any atom is -0.369 e. The molecule has 0 saturated heterocycles. The van der Waals surface area contributed by atoms with Crippen LogP contribution in [0.5, 0.6) is 0 Å². The second-order valence-corrected chi connectivity index (χ2v) is 3.88. The average molecular weight is 267 g/mol. The standard InChI is InChI=1S/C11H21N7O/c1-3-18(4-2)10(19)5-6-14-8-7-9(17-13)16-11(12)15-8/h7H,3-6,13H2,1-2H3,(H4,12,14,15,16,17). The van der Waals surface area contributed by atoms with Crippen molar-refractivity contribution < 1.29 is 4.79 Å². The molecule has 1 aromatic rings. The zero-order valence-electron chi connectivity index (χ0n) is 11.3. The Hall–Kier alpha value is -2.09. The zero-order chi connectivity index (χ0) is 14.3. The predicted octanol–water partition coefficient (Wildman–Crippen LogP) is 0.0148. The van der Waals surface area contributed by atoms with Gasteiger partial charge in [0.15, 0.2) is 0 Å². The summed E-state index contributed by atoms with van der Waals surface area (Å²) in [6, 6.07) is 1.62. The van der Waals surface area contributed by atoms with Crippen LogP contribution < -0.4 is 22.3 Å². The molecular weight excluding hydrogens is 246 g/mol. The third-order valence-corrected chi connectivity index (χ3v) is 2.65. The van der Waals surface area contributed by atoms with Gasteiger partial charge in [0.25, 0.3) is 0 Å². The van der Waals surface area contributed by atoms with E-state index in [9.17, 15) is 4.79 Å². The summed E-state index contributed by atoms with van der Waals surface area (Å²) in [7, 11) is 0. The fourth-order valence-electron chi connectivity index (χ4n) is 1.66. The fourth-order valence-corrected chi connectivity index (χ4v) is 1.66. The Morgan fingerprint density at radius 1 is 1.32 bits per heavy atom. The van der Waals surface area contributed by atoms with Crippen LogP contribution in [0.15, 0.2) is 6.07 Å². The van der Waals surface area contributed by atoms with Crippen LogP contribution in [-0.2, 0) is 4.79 Å². The second kappa shape index (κ2) is 7.37. The monoisotopic (exact) mass is 267 g/mol. The first kappa shape index (κ1) is 15.0. The van der Waals surface area contributed by atoms with Crippen LogP contribution in [0.25, 0.3) is 0 Å². The average Bonchev–Trinajstić information content (AvgIpc) is 2.39. The number of anilines is 3. The Morgan fingerprint density at radius 3 is 2.53 bits per heavy atom. The normalized spacial score (nSPS) is 10.1. The summed E-state index contributed by atoms with van der Waals surface area (Å²) < 4.78 is 0. The van der Waals surface area contributed by atoms with Crippen molar-refractivity contribution >= 4 is 23.5 Å². The Labute approximate surface area is 112 Å². The van der Waals surface area contributed by atoms with Gasteiger partial charge in [0.1, 0.15) is 11.6 Å². The second-order valence-electron chi connectivity index (χ2n) is 3.88. The Morgan fingerprint density at radius 2 is 1.95 bits per heavy atom. The third-order valence-electron chi connectivity index (χ3n) is 2.65. The highest BCUT2D eigenvalue weighted by atomic mass is 16.2. The maximum absolute atomic E-state index is 11.8. The van der Waals surface area contributed by atoms with Crippen LogP contribution in [0.4, 0.5) is 17.6 Å². The van der Waals surface area contributed by atoms with Crippen LogP contribution in [-0.4, -0.2) is 40.4 Å². The summed E-state index contributed by atoms with van der Waals surface area (Å²) in [5.74, 6) is 6.44. The number of nitrogens with zero attached hydrogens (tertiary/aromatic N) is 3. The topological polar surface area (TPSA) is 122 Å². The van der Waals surface area contributed by atoms with Gasteiger partial charge < -0.3 is 21.4 Å². The molecule has 0 spiro atoms. The summed E-state index contributed by atoms with van der Waals surface area (Å²) in [6.07, 6.45) is 0.400. The molecule has 0 aliphatic heterocycles. The number of hydrogen-bond acceptors (Lipinski definition) is 7. The lowest BCUT2D eigenvalue weighted by atomic mass is 10.3. The highest BCUT2D eigenvalue weighted by Crippen LogP contribution is 2.11. The van der Waals surface area contributed by atoms with Gasteiger partial charge in [-0.15, -0.1) is 0 Å². The summed E-state index contributed by atoms with van der Waals surface area (Å²) >= 11 is 0. The molecule has 8 heteroatoms. The van der Waals surface area contributed by atoms with E-state index < -0.39 is 0 Å². The molecular formula is C11H21N7O. The van der Waals surface area contributed by atoms with Crippen molar-refractivity contribution in [3.05, 3.63) is 6.07 Å². The van der Waals surface area contributed by atoms with Crippen molar-refractivity contribution in [2.24, 2.45) is 5.84 Å². The first-order valence-corrected chi connectivity index (χ1v) is 6.23. The molecule has 0 radical (unpaired) electrons. The molecule has 8 nitrogen and oxygen atoms in total. The molecule has 0 unspecified atom stereocenters. The maximum Gasteiger partial charge on any atom is 0.224 e. The van der Waals surface area contributed by atoms with E-state index in [1.54, 1.807) is 11.0 Å². The summed E-state index contributed by atoms with van der Waals surface area (Å²) in [5.41, 5.74) is 7.92.